The number of hydrogen-bond acceptors (Lipinski definition) is 4. The molecule has 0 saturated carbocycles. The van der Waals surface area contributed by atoms with E-state index in [0.717, 1.165) is 22.6 Å². The van der Waals surface area contributed by atoms with Crippen molar-refractivity contribution in [1.82, 2.24) is 0 Å². The predicted molar refractivity (Wildman–Crippen MR) is 83.3 cm³/mol. The Balaban J connectivity index is 1.63. The third-order valence-corrected chi connectivity index (χ3v) is 3.39. The van der Waals surface area contributed by atoms with Gasteiger partial charge in [0, 0.05) is 6.42 Å². The molecule has 4 nitrogen and oxygen atoms in total. The molecule has 0 saturated heterocycles. The highest BCUT2D eigenvalue weighted by Crippen LogP contribution is 2.32. The van der Waals surface area contributed by atoms with Gasteiger partial charge in [0.2, 0.25) is 6.79 Å². The number of carbonyl (C=O) groups excluding carboxylic acids is 1. The third-order valence-electron chi connectivity index (χ3n) is 3.39. The van der Waals surface area contributed by atoms with Crippen LogP contribution in [0.1, 0.15) is 11.1 Å². The summed E-state index contributed by atoms with van der Waals surface area (Å²) in [5.41, 5.74) is 1.87. The van der Waals surface area contributed by atoms with Gasteiger partial charge in [0.05, 0.1) is 7.11 Å². The molecule has 0 aromatic heterocycles. The number of allylic oxidation sites excluding steroid dienone is 1. The maximum atomic E-state index is 12.0. The van der Waals surface area contributed by atoms with E-state index in [1.165, 1.54) is 0 Å². The van der Waals surface area contributed by atoms with Gasteiger partial charge in [0.25, 0.3) is 0 Å². The number of ether oxygens (including phenoxy) is 3. The van der Waals surface area contributed by atoms with Crippen molar-refractivity contribution >= 4 is 11.9 Å². The molecule has 2 aromatic rings. The quantitative estimate of drug-likeness (QED) is 0.795. The van der Waals surface area contributed by atoms with Gasteiger partial charge < -0.3 is 14.2 Å². The number of hydrogen-bond donors (Lipinski definition) is 0. The Morgan fingerprint density at radius 1 is 1.14 bits per heavy atom. The first-order valence-electron chi connectivity index (χ1n) is 6.98. The molecule has 0 amide bonds. The predicted octanol–water partition coefficient (Wildman–Crippen LogP) is 3.25. The van der Waals surface area contributed by atoms with E-state index in [0.29, 0.717) is 12.2 Å². The highest BCUT2D eigenvalue weighted by atomic mass is 16.7. The summed E-state index contributed by atoms with van der Waals surface area (Å²) in [6.07, 6.45) is 3.73. The fraction of sp³-hybridized carbons (Fsp3) is 0.167. The van der Waals surface area contributed by atoms with Gasteiger partial charge in [-0.3, -0.25) is 4.79 Å². The largest absolute Gasteiger partial charge is 0.497 e. The second-order valence-electron chi connectivity index (χ2n) is 4.94. The minimum Gasteiger partial charge on any atom is -0.497 e. The standard InChI is InChI=1S/C18H16O4/c1-20-16-7-3-13(4-8-16)2-6-15(19)10-14-5-9-17-18(11-14)22-12-21-17/h2-9,11H,10,12H2,1H3/b6-2+. The van der Waals surface area contributed by atoms with Gasteiger partial charge in [-0.05, 0) is 41.5 Å². The van der Waals surface area contributed by atoms with Crippen LogP contribution >= 0.6 is 0 Å². The van der Waals surface area contributed by atoms with Crippen molar-refractivity contribution in [3.8, 4) is 17.2 Å². The average Bonchev–Trinajstić information content (AvgIpc) is 3.01. The van der Waals surface area contributed by atoms with E-state index in [1.807, 2.05) is 42.5 Å². The monoisotopic (exact) mass is 296 g/mol. The van der Waals surface area contributed by atoms with Crippen molar-refractivity contribution in [3.63, 3.8) is 0 Å². The smallest absolute Gasteiger partial charge is 0.231 e. The molecular formula is C18H16O4. The third kappa shape index (κ3) is 3.28. The highest BCUT2D eigenvalue weighted by Gasteiger charge is 2.13. The van der Waals surface area contributed by atoms with Gasteiger partial charge in [-0.1, -0.05) is 24.3 Å². The Morgan fingerprint density at radius 2 is 1.91 bits per heavy atom. The SMILES string of the molecule is COc1ccc(/C=C/C(=O)Cc2ccc3c(c2)OCO3)cc1. The normalized spacial score (nSPS) is 12.6. The molecule has 2 aromatic carbocycles. The second-order valence-corrected chi connectivity index (χ2v) is 4.94. The summed E-state index contributed by atoms with van der Waals surface area (Å²) in [5.74, 6) is 2.26. The Hall–Kier alpha value is -2.75. The molecule has 0 fully saturated rings. The van der Waals surface area contributed by atoms with E-state index in [4.69, 9.17) is 14.2 Å². The van der Waals surface area contributed by atoms with Crippen molar-refractivity contribution < 1.29 is 19.0 Å². The van der Waals surface area contributed by atoms with E-state index in [-0.39, 0.29) is 12.6 Å². The molecule has 4 heteroatoms. The minimum absolute atomic E-state index is 0.0367. The van der Waals surface area contributed by atoms with Gasteiger partial charge in [-0.25, -0.2) is 0 Å². The van der Waals surface area contributed by atoms with Gasteiger partial charge >= 0.3 is 0 Å². The maximum Gasteiger partial charge on any atom is 0.231 e. The van der Waals surface area contributed by atoms with Gasteiger partial charge in [0.15, 0.2) is 17.3 Å². The summed E-state index contributed by atoms with van der Waals surface area (Å²) < 4.78 is 15.7. The number of ketones is 1. The maximum absolute atomic E-state index is 12.0. The Bertz CT molecular complexity index is 702. The lowest BCUT2D eigenvalue weighted by molar-refractivity contribution is -0.113. The van der Waals surface area contributed by atoms with Crippen LogP contribution < -0.4 is 14.2 Å². The summed E-state index contributed by atoms with van der Waals surface area (Å²) >= 11 is 0. The Morgan fingerprint density at radius 3 is 2.68 bits per heavy atom. The Kier molecular flexibility index (Phi) is 4.10. The summed E-state index contributed by atoms with van der Waals surface area (Å²) in [5, 5.41) is 0. The van der Waals surface area contributed by atoms with Crippen LogP contribution in [0.5, 0.6) is 17.2 Å². The van der Waals surface area contributed by atoms with E-state index in [9.17, 15) is 4.79 Å². The molecule has 112 valence electrons. The first kappa shape index (κ1) is 14.2. The number of rotatable bonds is 5. The van der Waals surface area contributed by atoms with Gasteiger partial charge in [-0.15, -0.1) is 0 Å². The fourth-order valence-electron chi connectivity index (χ4n) is 2.22. The van der Waals surface area contributed by atoms with E-state index < -0.39 is 0 Å². The van der Waals surface area contributed by atoms with Crippen LogP contribution in [0.3, 0.4) is 0 Å². The van der Waals surface area contributed by atoms with Crippen LogP contribution in [0, 0.1) is 0 Å². The van der Waals surface area contributed by atoms with Crippen LogP contribution in [0.2, 0.25) is 0 Å². The molecule has 1 heterocycles. The number of benzene rings is 2. The van der Waals surface area contributed by atoms with Crippen molar-refractivity contribution in [1.29, 1.82) is 0 Å². The molecule has 3 rings (SSSR count). The molecule has 0 aliphatic carbocycles. The van der Waals surface area contributed by atoms with Crippen molar-refractivity contribution in [3.05, 3.63) is 59.7 Å². The zero-order valence-electron chi connectivity index (χ0n) is 12.2. The number of fused-ring (bicyclic) bond motifs is 1. The first-order valence-corrected chi connectivity index (χ1v) is 6.98. The zero-order chi connectivity index (χ0) is 15.4. The molecule has 0 bridgehead atoms. The van der Waals surface area contributed by atoms with Crippen molar-refractivity contribution in [2.45, 2.75) is 6.42 Å². The van der Waals surface area contributed by atoms with Crippen LogP contribution in [-0.4, -0.2) is 19.7 Å². The fourth-order valence-corrected chi connectivity index (χ4v) is 2.22. The lowest BCUT2D eigenvalue weighted by Gasteiger charge is -2.01. The molecule has 0 atom stereocenters. The molecule has 1 aliphatic rings. The zero-order valence-corrected chi connectivity index (χ0v) is 12.2. The second kappa shape index (κ2) is 6.35. The molecule has 22 heavy (non-hydrogen) atoms. The lowest BCUT2D eigenvalue weighted by atomic mass is 10.1. The minimum atomic E-state index is 0.0367. The van der Waals surface area contributed by atoms with Crippen LogP contribution in [0.25, 0.3) is 6.08 Å². The lowest BCUT2D eigenvalue weighted by Crippen LogP contribution is -1.98. The molecule has 0 unspecified atom stereocenters. The van der Waals surface area contributed by atoms with Crippen LogP contribution in [-0.2, 0) is 11.2 Å². The summed E-state index contributed by atoms with van der Waals surface area (Å²) in [4.78, 5) is 12.0. The van der Waals surface area contributed by atoms with Crippen molar-refractivity contribution in [2.75, 3.05) is 13.9 Å². The molecule has 0 N–H and O–H groups in total. The van der Waals surface area contributed by atoms with Gasteiger partial charge in [-0.2, -0.15) is 0 Å². The summed E-state index contributed by atoms with van der Waals surface area (Å²) in [6.45, 7) is 0.240. The molecule has 0 radical (unpaired) electrons. The Labute approximate surface area is 128 Å². The summed E-state index contributed by atoms with van der Waals surface area (Å²) in [6, 6.07) is 13.1. The van der Waals surface area contributed by atoms with E-state index >= 15 is 0 Å². The highest BCUT2D eigenvalue weighted by molar-refractivity contribution is 5.95. The van der Waals surface area contributed by atoms with Gasteiger partial charge in [0.1, 0.15) is 5.75 Å². The average molecular weight is 296 g/mol. The molecule has 1 aliphatic heterocycles. The van der Waals surface area contributed by atoms with E-state index in [2.05, 4.69) is 0 Å². The molecule has 0 spiro atoms. The first-order chi connectivity index (χ1) is 10.7. The van der Waals surface area contributed by atoms with Crippen LogP contribution in [0.15, 0.2) is 48.5 Å². The summed E-state index contributed by atoms with van der Waals surface area (Å²) in [7, 11) is 1.62. The van der Waals surface area contributed by atoms with Crippen molar-refractivity contribution in [2.24, 2.45) is 0 Å². The molecular weight excluding hydrogens is 280 g/mol. The van der Waals surface area contributed by atoms with Crippen LogP contribution in [0.4, 0.5) is 0 Å². The topological polar surface area (TPSA) is 44.8 Å². The number of methoxy groups -OCH3 is 1. The number of carbonyl (C=O) groups is 1. The van der Waals surface area contributed by atoms with E-state index in [1.54, 1.807) is 19.3 Å².